The van der Waals surface area contributed by atoms with Crippen molar-refractivity contribution in [1.82, 2.24) is 0 Å². The zero-order valence-electron chi connectivity index (χ0n) is 48.1. The minimum absolute atomic E-state index is 0.745. The minimum atomic E-state index is 0.745. The maximum Gasteiger partial charge on any atom is 0.119 e. The second-order valence-electron chi connectivity index (χ2n) is 20.7. The molecule has 0 radical (unpaired) electrons. The molecular weight excluding hydrogens is 1350 g/mol. The predicted molar refractivity (Wildman–Crippen MR) is 399 cm³/mol. The Balaban J connectivity index is 1.06. The molecule has 0 saturated heterocycles. The van der Waals surface area contributed by atoms with Gasteiger partial charge in [-0.2, -0.15) is 0 Å². The molecule has 0 unspecified atom stereocenters. The van der Waals surface area contributed by atoms with Gasteiger partial charge in [0, 0.05) is 46.0 Å². The van der Waals surface area contributed by atoms with Gasteiger partial charge in [0.25, 0.3) is 0 Å². The van der Waals surface area contributed by atoms with Crippen molar-refractivity contribution in [3.05, 3.63) is 168 Å². The van der Waals surface area contributed by atoms with Crippen LogP contribution in [0.4, 0.5) is 0 Å². The first-order valence-corrected chi connectivity index (χ1v) is 43.7. The molecule has 0 N–H and O–H groups in total. The Bertz CT molecular complexity index is 2610. The summed E-state index contributed by atoms with van der Waals surface area (Å²) < 4.78 is 43.4. The minimum Gasteiger partial charge on any atom is -0.494 e. The summed E-state index contributed by atoms with van der Waals surface area (Å²) in [6.45, 7) is 12.1. The molecule has 0 spiro atoms. The van der Waals surface area contributed by atoms with Crippen molar-refractivity contribution in [1.29, 1.82) is 0 Å². The highest BCUT2D eigenvalue weighted by atomic mass is 32.3. The number of hydrogen-bond donors (Lipinski definition) is 0. The fourth-order valence-corrected chi connectivity index (χ4v) is 32.8. The predicted octanol–water partition coefficient (Wildman–Crippen LogP) is 25.6. The fraction of sp³-hybridized carbons (Fsp3) is 0.438. The lowest BCUT2D eigenvalue weighted by molar-refractivity contribution is 0.305. The topological polar surface area (TPSA) is 36.9 Å². The molecule has 12 rings (SSSR count). The quantitative estimate of drug-likeness (QED) is 0.0788. The van der Waals surface area contributed by atoms with Crippen LogP contribution in [-0.2, 0) is 46.0 Å². The highest BCUT2D eigenvalue weighted by Gasteiger charge is 2.34. The lowest BCUT2D eigenvalue weighted by atomic mass is 10.1. The number of benzene rings is 4. The third kappa shape index (κ3) is 19.1. The first-order chi connectivity index (χ1) is 41.3. The van der Waals surface area contributed by atoms with Crippen molar-refractivity contribution in [2.75, 3.05) is 26.4 Å². The molecule has 448 valence electrons. The monoisotopic (exact) mass is 1420 g/mol. The van der Waals surface area contributed by atoms with Crippen LogP contribution in [-0.4, -0.2) is 26.4 Å². The Morgan fingerprint density at radius 3 is 0.548 bits per heavy atom. The molecule has 0 atom stereocenters. The van der Waals surface area contributed by atoms with Crippen molar-refractivity contribution in [3.8, 4) is 23.0 Å². The van der Waals surface area contributed by atoms with Gasteiger partial charge in [-0.1, -0.05) is 197 Å². The normalized spacial score (nSPS) is 18.5. The van der Waals surface area contributed by atoms with Gasteiger partial charge in [-0.3, -0.25) is 0 Å². The summed E-state index contributed by atoms with van der Waals surface area (Å²) in [7, 11) is 0. The van der Waals surface area contributed by atoms with Gasteiger partial charge in [-0.15, -0.1) is 94.1 Å². The van der Waals surface area contributed by atoms with E-state index in [2.05, 4.69) is 100 Å². The van der Waals surface area contributed by atoms with Crippen molar-refractivity contribution >= 4 is 188 Å². The third-order valence-corrected chi connectivity index (χ3v) is 37.3. The molecule has 4 aromatic carbocycles. The largest absolute Gasteiger partial charge is 0.494 e. The number of fused-ring (bicyclic) bond motifs is 8. The van der Waals surface area contributed by atoms with Gasteiger partial charge in [-0.05, 0) is 119 Å². The van der Waals surface area contributed by atoms with Gasteiger partial charge in [0.15, 0.2) is 0 Å². The third-order valence-electron chi connectivity index (χ3n) is 13.6. The number of unbranched alkanes of at least 4 members (excludes halogenated alkanes) is 8. The summed E-state index contributed by atoms with van der Waals surface area (Å²) in [6.07, 6.45) is 13.7. The van der Waals surface area contributed by atoms with Crippen LogP contribution in [0.3, 0.4) is 0 Å². The van der Waals surface area contributed by atoms with Gasteiger partial charge in [0.05, 0.1) is 77.3 Å². The van der Waals surface area contributed by atoms with Gasteiger partial charge in [0.1, 0.15) is 23.0 Å². The van der Waals surface area contributed by atoms with E-state index in [1.54, 1.807) is 0 Å². The van der Waals surface area contributed by atoms with E-state index in [1.807, 2.05) is 188 Å². The van der Waals surface area contributed by atoms with E-state index in [-0.39, 0.29) is 0 Å². The molecule has 0 fully saturated rings. The van der Waals surface area contributed by atoms with Crippen LogP contribution in [0.5, 0.6) is 23.0 Å². The van der Waals surface area contributed by atoms with Gasteiger partial charge in [0.2, 0.25) is 0 Å². The first-order valence-electron chi connectivity index (χ1n) is 29.3. The molecule has 20 bridgehead atoms. The molecule has 0 aliphatic carbocycles. The zero-order chi connectivity index (χ0) is 57.5. The molecule has 8 aliphatic heterocycles. The van der Waals surface area contributed by atoms with Gasteiger partial charge in [-0.25, -0.2) is 0 Å². The second kappa shape index (κ2) is 34.1. The fourth-order valence-electron chi connectivity index (χ4n) is 9.40. The van der Waals surface area contributed by atoms with Crippen LogP contribution in [0.1, 0.15) is 149 Å². The molecule has 4 nitrogen and oxygen atoms in total. The number of rotatable bonds is 20. The van der Waals surface area contributed by atoms with Crippen molar-refractivity contribution in [2.24, 2.45) is 0 Å². The average molecular weight is 1420 g/mol. The van der Waals surface area contributed by atoms with Crippen LogP contribution in [0.2, 0.25) is 0 Å². The number of ether oxygens (including phenoxy) is 4. The summed E-state index contributed by atoms with van der Waals surface area (Å²) >= 11 is 32.1. The van der Waals surface area contributed by atoms with Crippen LogP contribution < -0.4 is 18.9 Å². The Morgan fingerprint density at radius 1 is 0.226 bits per heavy atom. The molecule has 0 saturated carbocycles. The Kier molecular flexibility index (Phi) is 26.7. The van der Waals surface area contributed by atoms with E-state index in [0.29, 0.717) is 0 Å². The summed E-state index contributed by atoms with van der Waals surface area (Å²) in [5, 5.41) is 0. The summed E-state index contributed by atoms with van der Waals surface area (Å²) in [5.41, 5.74) is 10.6. The standard InChI is InChI=1S/C64H72O4S16/c1-5-9-13-17-65-49-25-41-21-42(26-49)34-70-54-56-72-36-44-23-46(30-51(28-44)67-19-15-11-7-3)38-74-58-60-76-40-48-24-47(31-52(32-48)68-20-16-12-8-4)39-75-59-57(81-63(83-59)62(78-54)80-56)73-37-45-22-43(27-50(29-45)66-18-14-10-6-2)35-71-55-53(69-33-41)77-61(79-55)64(82-58)84-60/h21-32H,5-20,33-40H2,1-4H3. The SMILES string of the molecule is CCCCCOc1cc2cc(c1)CSC1=C3SCc4cc(cc(OCCCCC)c4)CSC4=C5SCc6cc(cc(OCCCCC)c6)CSC6=C(SCc7cc(cc(OCCCCC)c7)CSC7=C(SC2)SC(=C(S4)S5)S7)SC(=C(S1)S3)S6. The van der Waals surface area contributed by atoms with Crippen LogP contribution in [0.15, 0.2) is 124 Å². The van der Waals surface area contributed by atoms with Crippen molar-refractivity contribution in [3.63, 3.8) is 0 Å². The van der Waals surface area contributed by atoms with Gasteiger partial charge >= 0.3 is 0 Å². The van der Waals surface area contributed by atoms with Crippen molar-refractivity contribution < 1.29 is 18.9 Å². The van der Waals surface area contributed by atoms with E-state index in [4.69, 9.17) is 18.9 Å². The van der Waals surface area contributed by atoms with E-state index in [1.165, 1.54) is 147 Å². The maximum absolute atomic E-state index is 6.64. The van der Waals surface area contributed by atoms with Crippen LogP contribution in [0.25, 0.3) is 0 Å². The summed E-state index contributed by atoms with van der Waals surface area (Å²) in [5.74, 6) is 11.0. The molecule has 8 heterocycles. The van der Waals surface area contributed by atoms with Crippen LogP contribution in [0, 0.1) is 0 Å². The first kappa shape index (κ1) is 65.6. The zero-order valence-corrected chi connectivity index (χ0v) is 61.1. The lowest BCUT2D eigenvalue weighted by Crippen LogP contribution is -1.99. The smallest absolute Gasteiger partial charge is 0.119 e. The van der Waals surface area contributed by atoms with Crippen molar-refractivity contribution in [2.45, 2.75) is 151 Å². The van der Waals surface area contributed by atoms with E-state index >= 15 is 0 Å². The van der Waals surface area contributed by atoms with Crippen LogP contribution >= 0.6 is 188 Å². The molecular formula is C64H72O4S16. The number of thioether (sulfide) groups is 16. The second-order valence-corrected chi connectivity index (χ2v) is 39.9. The average Bonchev–Trinajstić information content (AvgIpc) is 3.90. The molecule has 0 aromatic heterocycles. The van der Waals surface area contributed by atoms with E-state index in [0.717, 1.165) is 121 Å². The number of hydrogen-bond acceptors (Lipinski definition) is 20. The van der Waals surface area contributed by atoms with E-state index < -0.39 is 0 Å². The molecule has 8 aliphatic rings. The Morgan fingerprint density at radius 2 is 0.393 bits per heavy atom. The van der Waals surface area contributed by atoms with Gasteiger partial charge < -0.3 is 18.9 Å². The highest BCUT2D eigenvalue weighted by Crippen LogP contribution is 2.69. The maximum atomic E-state index is 6.64. The highest BCUT2D eigenvalue weighted by molar-refractivity contribution is 8.46. The molecule has 4 aromatic rings. The lowest BCUT2D eigenvalue weighted by Gasteiger charge is -2.14. The van der Waals surface area contributed by atoms with E-state index in [9.17, 15) is 0 Å². The summed E-state index contributed by atoms with van der Waals surface area (Å²) in [6, 6.07) is 28.5. The molecule has 84 heavy (non-hydrogen) atoms. The Hall–Kier alpha value is 0.120. The summed E-state index contributed by atoms with van der Waals surface area (Å²) in [4.78, 5) is 0. The molecule has 20 heteroatoms. The molecule has 0 amide bonds. The Labute approximate surface area is 568 Å².